The van der Waals surface area contributed by atoms with Crippen LogP contribution >= 0.6 is 22.7 Å². The molecule has 21 heavy (non-hydrogen) atoms. The highest BCUT2D eigenvalue weighted by atomic mass is 32.2. The number of thiophene rings is 2. The van der Waals surface area contributed by atoms with Crippen molar-refractivity contribution in [3.8, 4) is 0 Å². The zero-order valence-corrected chi connectivity index (χ0v) is 14.0. The fourth-order valence-corrected chi connectivity index (χ4v) is 5.20. The van der Waals surface area contributed by atoms with Gasteiger partial charge in [-0.05, 0) is 37.6 Å². The Bertz CT molecular complexity index is 739. The molecule has 0 aromatic carbocycles. The van der Waals surface area contributed by atoms with E-state index in [1.165, 1.54) is 17.0 Å². The molecule has 0 radical (unpaired) electrons. The van der Waals surface area contributed by atoms with Gasteiger partial charge < -0.3 is 5.11 Å². The van der Waals surface area contributed by atoms with E-state index in [0.29, 0.717) is 4.88 Å². The van der Waals surface area contributed by atoms with Gasteiger partial charge >= 0.3 is 5.97 Å². The van der Waals surface area contributed by atoms with Crippen LogP contribution in [0.25, 0.3) is 0 Å². The second kappa shape index (κ2) is 6.27. The molecule has 0 aliphatic rings. The van der Waals surface area contributed by atoms with Crippen LogP contribution in [-0.4, -0.2) is 19.5 Å². The van der Waals surface area contributed by atoms with Crippen molar-refractivity contribution in [3.05, 3.63) is 38.4 Å². The highest BCUT2D eigenvalue weighted by Crippen LogP contribution is 2.24. The lowest BCUT2D eigenvalue weighted by molar-refractivity contribution is -0.136. The second-order valence-corrected chi connectivity index (χ2v) is 9.07. The quantitative estimate of drug-likeness (QED) is 0.843. The van der Waals surface area contributed by atoms with Crippen molar-refractivity contribution in [1.82, 2.24) is 4.72 Å². The molecule has 5 nitrogen and oxygen atoms in total. The van der Waals surface area contributed by atoms with Crippen LogP contribution in [0, 0.1) is 13.8 Å². The Hall–Kier alpha value is -1.22. The second-order valence-electron chi connectivity index (χ2n) is 4.57. The van der Waals surface area contributed by atoms with Crippen molar-refractivity contribution in [2.24, 2.45) is 0 Å². The maximum absolute atomic E-state index is 12.2. The van der Waals surface area contributed by atoms with E-state index in [-0.39, 0.29) is 17.2 Å². The summed E-state index contributed by atoms with van der Waals surface area (Å²) < 4.78 is 27.0. The molecule has 2 rings (SSSR count). The van der Waals surface area contributed by atoms with Crippen LogP contribution in [-0.2, 0) is 27.8 Å². The van der Waals surface area contributed by atoms with Crippen LogP contribution in [0.1, 0.15) is 20.2 Å². The lowest BCUT2D eigenvalue weighted by Gasteiger charge is -2.02. The number of hydrogen-bond donors (Lipinski definition) is 2. The fourth-order valence-electron chi connectivity index (χ4n) is 1.72. The van der Waals surface area contributed by atoms with Crippen LogP contribution in [0.4, 0.5) is 0 Å². The van der Waals surface area contributed by atoms with E-state index in [9.17, 15) is 13.2 Å². The fraction of sp³-hybridized carbons (Fsp3) is 0.308. The summed E-state index contributed by atoms with van der Waals surface area (Å²) in [6.45, 7) is 4.23. The molecule has 0 saturated heterocycles. The number of nitrogens with one attached hydrogen (secondary N) is 1. The Labute approximate surface area is 131 Å². The average Bonchev–Trinajstić information content (AvgIpc) is 2.95. The maximum Gasteiger partial charge on any atom is 0.308 e. The third kappa shape index (κ3) is 4.13. The number of rotatable bonds is 6. The first kappa shape index (κ1) is 16.2. The van der Waals surface area contributed by atoms with Gasteiger partial charge in [-0.25, -0.2) is 13.1 Å². The van der Waals surface area contributed by atoms with Gasteiger partial charge in [-0.1, -0.05) is 0 Å². The Morgan fingerprint density at radius 3 is 2.52 bits per heavy atom. The monoisotopic (exact) mass is 345 g/mol. The number of hydrogen-bond acceptors (Lipinski definition) is 5. The maximum atomic E-state index is 12.2. The molecule has 8 heteroatoms. The normalized spacial score (nSPS) is 11.7. The Morgan fingerprint density at radius 1 is 1.24 bits per heavy atom. The number of carbonyl (C=O) groups is 1. The van der Waals surface area contributed by atoms with Crippen LogP contribution < -0.4 is 4.72 Å². The molecule has 0 amide bonds. The van der Waals surface area contributed by atoms with Crippen molar-refractivity contribution in [1.29, 1.82) is 0 Å². The standard InChI is InChI=1S/C13H15NO4S3/c1-8-5-11(19-9(8)2)7-14-21(17,18)13-4-3-10(20-13)6-12(15)16/h3-5,14H,6-7H2,1-2H3,(H,15,16). The smallest absolute Gasteiger partial charge is 0.308 e. The first-order chi connectivity index (χ1) is 9.78. The van der Waals surface area contributed by atoms with Crippen LogP contribution in [0.5, 0.6) is 0 Å². The largest absolute Gasteiger partial charge is 0.481 e. The number of aryl methyl sites for hydroxylation is 2. The van der Waals surface area contributed by atoms with Crippen LogP contribution in [0.2, 0.25) is 0 Å². The summed E-state index contributed by atoms with van der Waals surface area (Å²) in [5, 5.41) is 8.70. The van der Waals surface area contributed by atoms with Crippen LogP contribution in [0.15, 0.2) is 22.4 Å². The molecule has 2 aromatic heterocycles. The number of carboxylic acids is 1. The lowest BCUT2D eigenvalue weighted by atomic mass is 10.3. The van der Waals surface area contributed by atoms with Gasteiger partial charge in [0.25, 0.3) is 0 Å². The summed E-state index contributed by atoms with van der Waals surface area (Å²) in [6, 6.07) is 4.94. The summed E-state index contributed by atoms with van der Waals surface area (Å²) in [6.07, 6.45) is -0.163. The molecule has 0 atom stereocenters. The highest BCUT2D eigenvalue weighted by Gasteiger charge is 2.18. The summed E-state index contributed by atoms with van der Waals surface area (Å²) in [5.41, 5.74) is 1.15. The lowest BCUT2D eigenvalue weighted by Crippen LogP contribution is -2.21. The first-order valence-electron chi connectivity index (χ1n) is 6.14. The third-order valence-corrected chi connectivity index (χ3v) is 7.01. The van der Waals surface area contributed by atoms with Crippen molar-refractivity contribution >= 4 is 38.7 Å². The molecule has 2 heterocycles. The first-order valence-corrected chi connectivity index (χ1v) is 9.25. The Balaban J connectivity index is 2.07. The minimum atomic E-state index is -3.59. The van der Waals surface area contributed by atoms with Gasteiger partial charge in [0.1, 0.15) is 4.21 Å². The minimum Gasteiger partial charge on any atom is -0.481 e. The summed E-state index contributed by atoms with van der Waals surface area (Å²) >= 11 is 2.55. The van der Waals surface area contributed by atoms with E-state index in [1.54, 1.807) is 11.3 Å². The zero-order valence-electron chi connectivity index (χ0n) is 11.5. The molecule has 2 aromatic rings. The average molecular weight is 345 g/mol. The van der Waals surface area contributed by atoms with Gasteiger partial charge in [0.15, 0.2) is 0 Å². The van der Waals surface area contributed by atoms with Gasteiger partial charge in [0.05, 0.1) is 6.42 Å². The van der Waals surface area contributed by atoms with E-state index >= 15 is 0 Å². The number of carboxylic acid groups (broad SMARTS) is 1. The molecule has 0 spiro atoms. The van der Waals surface area contributed by atoms with E-state index in [1.807, 2.05) is 19.9 Å². The molecule has 114 valence electrons. The van der Waals surface area contributed by atoms with E-state index in [2.05, 4.69) is 4.72 Å². The summed E-state index contributed by atoms with van der Waals surface area (Å²) in [7, 11) is -3.59. The molecule has 0 fully saturated rings. The van der Waals surface area contributed by atoms with Crippen LogP contribution in [0.3, 0.4) is 0 Å². The summed E-state index contributed by atoms with van der Waals surface area (Å²) in [5.74, 6) is -0.974. The third-order valence-electron chi connectivity index (χ3n) is 2.88. The molecular weight excluding hydrogens is 330 g/mol. The topological polar surface area (TPSA) is 83.5 Å². The Kier molecular flexibility index (Phi) is 4.82. The molecular formula is C13H15NO4S3. The van der Waals surface area contributed by atoms with Gasteiger partial charge in [0.2, 0.25) is 10.0 Å². The number of sulfonamides is 1. The molecule has 0 bridgehead atoms. The molecule has 2 N–H and O–H groups in total. The van der Waals surface area contributed by atoms with Crippen molar-refractivity contribution in [2.75, 3.05) is 0 Å². The van der Waals surface area contributed by atoms with Gasteiger partial charge in [0, 0.05) is 21.2 Å². The molecule has 0 aliphatic carbocycles. The van der Waals surface area contributed by atoms with E-state index < -0.39 is 16.0 Å². The van der Waals surface area contributed by atoms with Crippen molar-refractivity contribution in [3.63, 3.8) is 0 Å². The van der Waals surface area contributed by atoms with Gasteiger partial charge in [-0.3, -0.25) is 4.79 Å². The minimum absolute atomic E-state index is 0.142. The van der Waals surface area contributed by atoms with Gasteiger partial charge in [-0.15, -0.1) is 22.7 Å². The van der Waals surface area contributed by atoms with Crippen molar-refractivity contribution < 1.29 is 18.3 Å². The van der Waals surface area contributed by atoms with Crippen molar-refractivity contribution in [2.45, 2.75) is 31.0 Å². The zero-order chi connectivity index (χ0) is 15.6. The molecule has 0 saturated carbocycles. The number of aliphatic carboxylic acids is 1. The Morgan fingerprint density at radius 2 is 1.95 bits per heavy atom. The summed E-state index contributed by atoms with van der Waals surface area (Å²) in [4.78, 5) is 13.3. The van der Waals surface area contributed by atoms with E-state index in [0.717, 1.165) is 21.8 Å². The molecule has 0 aliphatic heterocycles. The molecule has 0 unspecified atom stereocenters. The predicted molar refractivity (Wildman–Crippen MR) is 83.5 cm³/mol. The highest BCUT2D eigenvalue weighted by molar-refractivity contribution is 7.91. The predicted octanol–water partition coefficient (Wildman–Crippen LogP) is 2.53. The van der Waals surface area contributed by atoms with Gasteiger partial charge in [-0.2, -0.15) is 0 Å². The SMILES string of the molecule is Cc1cc(CNS(=O)(=O)c2ccc(CC(=O)O)s2)sc1C. The van der Waals surface area contributed by atoms with E-state index in [4.69, 9.17) is 5.11 Å².